The van der Waals surface area contributed by atoms with Gasteiger partial charge in [-0.05, 0) is 57.9 Å². The molecular formula is C22H33N5O. The van der Waals surface area contributed by atoms with Crippen LogP contribution in [0.5, 0.6) is 0 Å². The smallest absolute Gasteiger partial charge is 0.224 e. The van der Waals surface area contributed by atoms with Crippen molar-refractivity contribution in [3.63, 3.8) is 0 Å². The molecule has 2 aromatic heterocycles. The Balaban J connectivity index is 1.28. The van der Waals surface area contributed by atoms with Gasteiger partial charge in [-0.15, -0.1) is 0 Å². The number of hydrogen-bond donors (Lipinski definition) is 0. The molecule has 1 saturated heterocycles. The molecule has 0 unspecified atom stereocenters. The molecule has 0 bridgehead atoms. The third-order valence-electron chi connectivity index (χ3n) is 6.92. The predicted molar refractivity (Wildman–Crippen MR) is 109 cm³/mol. The van der Waals surface area contributed by atoms with E-state index in [9.17, 15) is 4.79 Å². The van der Waals surface area contributed by atoms with Crippen LogP contribution in [0.3, 0.4) is 0 Å². The van der Waals surface area contributed by atoms with Crippen molar-refractivity contribution >= 4 is 5.91 Å². The van der Waals surface area contributed by atoms with Crippen LogP contribution in [0.15, 0.2) is 12.4 Å². The van der Waals surface area contributed by atoms with Crippen molar-refractivity contribution in [2.45, 2.75) is 78.3 Å². The molecular weight excluding hydrogens is 350 g/mol. The van der Waals surface area contributed by atoms with Crippen LogP contribution in [0.2, 0.25) is 0 Å². The van der Waals surface area contributed by atoms with Gasteiger partial charge in [0.25, 0.3) is 0 Å². The number of nitrogens with zero attached hydrogens (tertiary/aromatic N) is 5. The van der Waals surface area contributed by atoms with Crippen LogP contribution in [0.4, 0.5) is 0 Å². The van der Waals surface area contributed by atoms with E-state index in [2.05, 4.69) is 34.7 Å². The topological polar surface area (TPSA) is 56.0 Å². The van der Waals surface area contributed by atoms with Crippen molar-refractivity contribution in [3.05, 3.63) is 35.2 Å². The van der Waals surface area contributed by atoms with Crippen molar-refractivity contribution in [1.82, 2.24) is 24.2 Å². The average Bonchev–Trinajstić information content (AvgIpc) is 3.23. The van der Waals surface area contributed by atoms with Crippen molar-refractivity contribution in [2.24, 2.45) is 5.92 Å². The molecule has 1 aliphatic carbocycles. The van der Waals surface area contributed by atoms with E-state index in [1.54, 1.807) is 0 Å². The van der Waals surface area contributed by atoms with Gasteiger partial charge in [0.1, 0.15) is 5.82 Å². The first kappa shape index (κ1) is 19.2. The van der Waals surface area contributed by atoms with E-state index >= 15 is 0 Å². The summed E-state index contributed by atoms with van der Waals surface area (Å²) in [6, 6.07) is 0. The van der Waals surface area contributed by atoms with Gasteiger partial charge in [0.15, 0.2) is 0 Å². The van der Waals surface area contributed by atoms with Gasteiger partial charge >= 0.3 is 0 Å². The fourth-order valence-electron chi connectivity index (χ4n) is 4.54. The molecule has 3 heterocycles. The number of imidazole rings is 1. The third-order valence-corrected chi connectivity index (χ3v) is 6.92. The summed E-state index contributed by atoms with van der Waals surface area (Å²) >= 11 is 0. The van der Waals surface area contributed by atoms with E-state index in [1.807, 2.05) is 22.7 Å². The molecule has 6 nitrogen and oxygen atoms in total. The zero-order chi connectivity index (χ0) is 19.7. The lowest BCUT2D eigenvalue weighted by Crippen LogP contribution is -2.39. The highest BCUT2D eigenvalue weighted by atomic mass is 16.2. The highest BCUT2D eigenvalue weighted by molar-refractivity contribution is 5.76. The van der Waals surface area contributed by atoms with Crippen molar-refractivity contribution in [1.29, 1.82) is 0 Å². The van der Waals surface area contributed by atoms with E-state index in [4.69, 9.17) is 0 Å². The number of amides is 1. The van der Waals surface area contributed by atoms with Crippen LogP contribution in [0.25, 0.3) is 0 Å². The lowest BCUT2D eigenvalue weighted by Gasteiger charge is -2.33. The molecule has 2 aliphatic rings. The first-order chi connectivity index (χ1) is 13.5. The first-order valence-corrected chi connectivity index (χ1v) is 10.8. The molecule has 1 saturated carbocycles. The molecule has 1 aliphatic heterocycles. The zero-order valence-corrected chi connectivity index (χ0v) is 17.5. The summed E-state index contributed by atoms with van der Waals surface area (Å²) < 4.78 is 4.35. The van der Waals surface area contributed by atoms with Gasteiger partial charge in [-0.2, -0.15) is 5.10 Å². The molecule has 152 valence electrons. The maximum atomic E-state index is 12.7. The second-order valence-electron chi connectivity index (χ2n) is 8.66. The van der Waals surface area contributed by atoms with Crippen molar-refractivity contribution in [3.8, 4) is 0 Å². The molecule has 6 heteroatoms. The molecule has 2 fully saturated rings. The molecule has 4 rings (SSSR count). The SMILES string of the molecule is Cc1nn(CCC(=O)N2CCC(c3nccn3CC3CCC3)CC2)c(C)c1C. The number of piperidine rings is 1. The largest absolute Gasteiger partial charge is 0.343 e. The number of carbonyl (C=O) groups excluding carboxylic acids is 1. The quantitative estimate of drug-likeness (QED) is 0.766. The standard InChI is InChI=1S/C22H33N5O/c1-16-17(2)24-27(18(16)3)13-9-21(28)25-11-7-20(8-12-25)22-23-10-14-26(22)15-19-5-4-6-19/h10,14,19-20H,4-9,11-13,15H2,1-3H3. The average molecular weight is 384 g/mol. The second-order valence-corrected chi connectivity index (χ2v) is 8.66. The van der Waals surface area contributed by atoms with E-state index < -0.39 is 0 Å². The van der Waals surface area contributed by atoms with Gasteiger partial charge in [0, 0.05) is 56.6 Å². The highest BCUT2D eigenvalue weighted by Gasteiger charge is 2.27. The van der Waals surface area contributed by atoms with E-state index in [-0.39, 0.29) is 5.91 Å². The summed E-state index contributed by atoms with van der Waals surface area (Å²) in [5.74, 6) is 2.81. The van der Waals surface area contributed by atoms with Crippen LogP contribution in [0, 0.1) is 26.7 Å². The van der Waals surface area contributed by atoms with Crippen LogP contribution >= 0.6 is 0 Å². The van der Waals surface area contributed by atoms with Crippen LogP contribution in [-0.2, 0) is 17.9 Å². The first-order valence-electron chi connectivity index (χ1n) is 10.8. The van der Waals surface area contributed by atoms with Gasteiger partial charge in [0.2, 0.25) is 5.91 Å². The minimum Gasteiger partial charge on any atom is -0.343 e. The Morgan fingerprint density at radius 2 is 1.89 bits per heavy atom. The predicted octanol–water partition coefficient (Wildman–Crippen LogP) is 3.60. The van der Waals surface area contributed by atoms with Gasteiger partial charge in [-0.3, -0.25) is 9.48 Å². The lowest BCUT2D eigenvalue weighted by atomic mass is 9.85. The molecule has 0 N–H and O–H groups in total. The molecule has 28 heavy (non-hydrogen) atoms. The van der Waals surface area contributed by atoms with Crippen LogP contribution in [0.1, 0.15) is 67.2 Å². The number of carbonyl (C=O) groups is 1. The Morgan fingerprint density at radius 1 is 1.14 bits per heavy atom. The Kier molecular flexibility index (Phi) is 5.56. The van der Waals surface area contributed by atoms with Crippen molar-refractivity contribution in [2.75, 3.05) is 13.1 Å². The molecule has 0 atom stereocenters. The lowest BCUT2D eigenvalue weighted by molar-refractivity contribution is -0.132. The fraction of sp³-hybridized carbons (Fsp3) is 0.682. The Hall–Kier alpha value is -2.11. The zero-order valence-electron chi connectivity index (χ0n) is 17.5. The Morgan fingerprint density at radius 3 is 2.50 bits per heavy atom. The molecule has 0 radical (unpaired) electrons. The van der Waals surface area contributed by atoms with E-state index in [0.29, 0.717) is 18.9 Å². The minimum atomic E-state index is 0.251. The second kappa shape index (κ2) is 8.10. The number of aryl methyl sites for hydroxylation is 2. The maximum Gasteiger partial charge on any atom is 0.224 e. The molecule has 1 amide bonds. The van der Waals surface area contributed by atoms with Gasteiger partial charge in [0.05, 0.1) is 5.69 Å². The molecule has 0 spiro atoms. The number of hydrogen-bond acceptors (Lipinski definition) is 3. The van der Waals surface area contributed by atoms with E-state index in [0.717, 1.165) is 44.1 Å². The number of likely N-dealkylation sites (tertiary alicyclic amines) is 1. The minimum absolute atomic E-state index is 0.251. The summed E-state index contributed by atoms with van der Waals surface area (Å²) in [7, 11) is 0. The Labute approximate surface area is 167 Å². The number of aromatic nitrogens is 4. The monoisotopic (exact) mass is 383 g/mol. The summed E-state index contributed by atoms with van der Waals surface area (Å²) in [5.41, 5.74) is 3.45. The molecule has 0 aromatic carbocycles. The highest BCUT2D eigenvalue weighted by Crippen LogP contribution is 2.31. The van der Waals surface area contributed by atoms with Gasteiger partial charge in [-0.25, -0.2) is 4.98 Å². The van der Waals surface area contributed by atoms with Gasteiger partial charge < -0.3 is 9.47 Å². The fourth-order valence-corrected chi connectivity index (χ4v) is 4.54. The van der Waals surface area contributed by atoms with Crippen molar-refractivity contribution < 1.29 is 4.79 Å². The summed E-state index contributed by atoms with van der Waals surface area (Å²) in [5, 5.41) is 4.55. The summed E-state index contributed by atoms with van der Waals surface area (Å²) in [6.45, 7) is 9.68. The number of rotatable bonds is 6. The summed E-state index contributed by atoms with van der Waals surface area (Å²) in [6.07, 6.45) is 10.8. The van der Waals surface area contributed by atoms with E-state index in [1.165, 1.54) is 36.3 Å². The third kappa shape index (κ3) is 3.87. The van der Waals surface area contributed by atoms with Gasteiger partial charge in [-0.1, -0.05) is 6.42 Å². The molecule has 2 aromatic rings. The maximum absolute atomic E-state index is 12.7. The normalized spacial score (nSPS) is 18.5. The van der Waals surface area contributed by atoms with Crippen LogP contribution < -0.4 is 0 Å². The summed E-state index contributed by atoms with van der Waals surface area (Å²) in [4.78, 5) is 19.4. The van der Waals surface area contributed by atoms with Crippen LogP contribution in [-0.4, -0.2) is 43.2 Å². The Bertz CT molecular complexity index is 824.